The molecule has 3 aromatic rings. The molecule has 5 nitrogen and oxygen atoms in total. The normalized spacial score (nSPS) is 17.7. The van der Waals surface area contributed by atoms with E-state index in [9.17, 15) is 14.7 Å². The average Bonchev–Trinajstić information content (AvgIpc) is 3.14. The number of anilines is 1. The minimum atomic E-state index is -0.485. The van der Waals surface area contributed by atoms with Gasteiger partial charge in [0.15, 0.2) is 0 Å². The summed E-state index contributed by atoms with van der Waals surface area (Å²) in [4.78, 5) is 26.9. The van der Waals surface area contributed by atoms with Crippen LogP contribution in [0.3, 0.4) is 0 Å². The van der Waals surface area contributed by atoms with Gasteiger partial charge in [0.2, 0.25) is 11.8 Å². The van der Waals surface area contributed by atoms with E-state index in [4.69, 9.17) is 0 Å². The molecule has 1 saturated heterocycles. The Hall–Kier alpha value is -3.08. The first-order valence-corrected chi connectivity index (χ1v) is 8.72. The largest absolute Gasteiger partial charge is 0.508 e. The van der Waals surface area contributed by atoms with Crippen LogP contribution in [0.15, 0.2) is 54.7 Å². The topological polar surface area (TPSA) is 62.5 Å². The predicted molar refractivity (Wildman–Crippen MR) is 100 cm³/mol. The second kappa shape index (κ2) is 6.02. The van der Waals surface area contributed by atoms with Crippen molar-refractivity contribution in [1.82, 2.24) is 4.57 Å². The molecule has 132 valence electrons. The Morgan fingerprint density at radius 3 is 2.42 bits per heavy atom. The molecule has 0 saturated carbocycles. The van der Waals surface area contributed by atoms with Crippen molar-refractivity contribution in [2.75, 3.05) is 4.90 Å². The van der Waals surface area contributed by atoms with Gasteiger partial charge in [0.1, 0.15) is 5.75 Å². The Morgan fingerprint density at radius 1 is 1.04 bits per heavy atom. The summed E-state index contributed by atoms with van der Waals surface area (Å²) in [7, 11) is 0. The van der Waals surface area contributed by atoms with Crippen LogP contribution in [0, 0.1) is 0 Å². The monoisotopic (exact) mass is 348 g/mol. The number of rotatable bonds is 3. The summed E-state index contributed by atoms with van der Waals surface area (Å²) < 4.78 is 2.14. The number of hydrogen-bond acceptors (Lipinski definition) is 3. The molecule has 0 radical (unpaired) electrons. The summed E-state index contributed by atoms with van der Waals surface area (Å²) in [5.74, 6) is -0.815. The maximum absolute atomic E-state index is 13.1. The number of phenols is 1. The molecule has 0 aliphatic carbocycles. The molecular formula is C21H20N2O3. The fourth-order valence-electron chi connectivity index (χ4n) is 3.68. The number of benzene rings is 2. The number of hydrogen-bond donors (Lipinski definition) is 1. The van der Waals surface area contributed by atoms with Gasteiger partial charge in [-0.3, -0.25) is 14.5 Å². The summed E-state index contributed by atoms with van der Waals surface area (Å²) in [5, 5.41) is 10.5. The van der Waals surface area contributed by atoms with Gasteiger partial charge in [0.25, 0.3) is 0 Å². The third kappa shape index (κ3) is 2.47. The lowest BCUT2D eigenvalue weighted by molar-refractivity contribution is -0.121. The number of amides is 2. The standard InChI is InChI=1S/C21H20N2O3/c1-13(2)22-12-18(16-5-3-4-6-19(16)22)17-11-20(25)23(21(17)26)14-7-9-15(24)10-8-14/h3-10,12-13,17,24H,11H2,1-2H3/t17-/m0/s1. The van der Waals surface area contributed by atoms with Crippen LogP contribution >= 0.6 is 0 Å². The summed E-state index contributed by atoms with van der Waals surface area (Å²) in [6, 6.07) is 14.4. The molecule has 1 aliphatic heterocycles. The zero-order chi connectivity index (χ0) is 18.4. The van der Waals surface area contributed by atoms with E-state index in [1.54, 1.807) is 12.1 Å². The molecule has 1 N–H and O–H groups in total. The van der Waals surface area contributed by atoms with E-state index in [1.807, 2.05) is 30.5 Å². The summed E-state index contributed by atoms with van der Waals surface area (Å²) >= 11 is 0. The minimum absolute atomic E-state index is 0.101. The number of carbonyl (C=O) groups is 2. The molecule has 0 bridgehead atoms. The highest BCUT2D eigenvalue weighted by molar-refractivity contribution is 6.23. The molecule has 4 rings (SSSR count). The molecule has 2 heterocycles. The van der Waals surface area contributed by atoms with E-state index in [-0.39, 0.29) is 30.0 Å². The predicted octanol–water partition coefficient (Wildman–Crippen LogP) is 3.97. The third-order valence-corrected chi connectivity index (χ3v) is 4.96. The number of nitrogens with zero attached hydrogens (tertiary/aromatic N) is 2. The van der Waals surface area contributed by atoms with E-state index >= 15 is 0 Å². The van der Waals surface area contributed by atoms with Crippen LogP contribution in [-0.2, 0) is 9.59 Å². The second-order valence-corrected chi connectivity index (χ2v) is 6.94. The van der Waals surface area contributed by atoms with Crippen molar-refractivity contribution in [3.63, 3.8) is 0 Å². The third-order valence-electron chi connectivity index (χ3n) is 4.96. The summed E-state index contributed by atoms with van der Waals surface area (Å²) in [6.07, 6.45) is 2.16. The van der Waals surface area contributed by atoms with Crippen LogP contribution in [-0.4, -0.2) is 21.5 Å². The molecule has 0 spiro atoms. The SMILES string of the molecule is CC(C)n1cc([C@@H]2CC(=O)N(c3ccc(O)cc3)C2=O)c2ccccc21. The van der Waals surface area contributed by atoms with Crippen LogP contribution in [0.5, 0.6) is 5.75 Å². The second-order valence-electron chi connectivity index (χ2n) is 6.94. The van der Waals surface area contributed by atoms with Crippen molar-refractivity contribution in [3.8, 4) is 5.75 Å². The van der Waals surface area contributed by atoms with Crippen molar-refractivity contribution in [1.29, 1.82) is 0 Å². The smallest absolute Gasteiger partial charge is 0.241 e. The van der Waals surface area contributed by atoms with Gasteiger partial charge in [-0.2, -0.15) is 0 Å². The lowest BCUT2D eigenvalue weighted by Crippen LogP contribution is -2.29. The first-order chi connectivity index (χ1) is 12.5. The number of imide groups is 1. The highest BCUT2D eigenvalue weighted by atomic mass is 16.3. The van der Waals surface area contributed by atoms with Crippen LogP contribution in [0.1, 0.15) is 37.8 Å². The number of aromatic nitrogens is 1. The Bertz CT molecular complexity index is 1000. The van der Waals surface area contributed by atoms with Crippen LogP contribution in [0.4, 0.5) is 5.69 Å². The molecule has 0 unspecified atom stereocenters. The molecule has 1 atom stereocenters. The van der Waals surface area contributed by atoms with Gasteiger partial charge in [-0.15, -0.1) is 0 Å². The lowest BCUT2D eigenvalue weighted by atomic mass is 9.97. The van der Waals surface area contributed by atoms with Gasteiger partial charge < -0.3 is 9.67 Å². The van der Waals surface area contributed by atoms with E-state index in [2.05, 4.69) is 18.4 Å². The van der Waals surface area contributed by atoms with Crippen molar-refractivity contribution in [2.24, 2.45) is 0 Å². The highest BCUT2D eigenvalue weighted by Gasteiger charge is 2.41. The average molecular weight is 348 g/mol. The van der Waals surface area contributed by atoms with Crippen molar-refractivity contribution >= 4 is 28.4 Å². The molecule has 1 aliphatic rings. The molecule has 1 aromatic heterocycles. The van der Waals surface area contributed by atoms with E-state index in [0.29, 0.717) is 5.69 Å². The van der Waals surface area contributed by atoms with Crippen LogP contribution in [0.2, 0.25) is 0 Å². The zero-order valence-corrected chi connectivity index (χ0v) is 14.7. The van der Waals surface area contributed by atoms with Gasteiger partial charge in [0.05, 0.1) is 11.6 Å². The maximum atomic E-state index is 13.1. The molecule has 1 fully saturated rings. The molecule has 26 heavy (non-hydrogen) atoms. The Morgan fingerprint density at radius 2 is 1.73 bits per heavy atom. The molecule has 2 aromatic carbocycles. The van der Waals surface area contributed by atoms with Gasteiger partial charge >= 0.3 is 0 Å². The zero-order valence-electron chi connectivity index (χ0n) is 14.7. The summed E-state index contributed by atoms with van der Waals surface area (Å²) in [5.41, 5.74) is 2.46. The molecule has 2 amide bonds. The summed E-state index contributed by atoms with van der Waals surface area (Å²) in [6.45, 7) is 4.20. The Labute approximate surface area is 151 Å². The van der Waals surface area contributed by atoms with Crippen LogP contribution < -0.4 is 4.90 Å². The van der Waals surface area contributed by atoms with Gasteiger partial charge in [-0.05, 0) is 49.7 Å². The number of aromatic hydroxyl groups is 1. The van der Waals surface area contributed by atoms with E-state index in [1.165, 1.54) is 17.0 Å². The Balaban J connectivity index is 1.78. The fraction of sp³-hybridized carbons (Fsp3) is 0.238. The first kappa shape index (κ1) is 16.4. The minimum Gasteiger partial charge on any atom is -0.508 e. The van der Waals surface area contributed by atoms with Crippen molar-refractivity contribution in [2.45, 2.75) is 32.2 Å². The van der Waals surface area contributed by atoms with Gasteiger partial charge in [0, 0.05) is 29.6 Å². The number of phenolic OH excluding ortho intramolecular Hbond substituents is 1. The van der Waals surface area contributed by atoms with E-state index < -0.39 is 5.92 Å². The number of fused-ring (bicyclic) bond motifs is 1. The lowest BCUT2D eigenvalue weighted by Gasteiger charge is -2.15. The van der Waals surface area contributed by atoms with Gasteiger partial charge in [-0.25, -0.2) is 0 Å². The maximum Gasteiger partial charge on any atom is 0.241 e. The highest BCUT2D eigenvalue weighted by Crippen LogP contribution is 2.38. The fourth-order valence-corrected chi connectivity index (χ4v) is 3.68. The number of para-hydroxylation sites is 1. The first-order valence-electron chi connectivity index (χ1n) is 8.72. The van der Waals surface area contributed by atoms with Crippen molar-refractivity contribution < 1.29 is 14.7 Å². The molecule has 5 heteroatoms. The van der Waals surface area contributed by atoms with Gasteiger partial charge in [-0.1, -0.05) is 18.2 Å². The quantitative estimate of drug-likeness (QED) is 0.728. The Kier molecular flexibility index (Phi) is 3.80. The van der Waals surface area contributed by atoms with Crippen LogP contribution in [0.25, 0.3) is 10.9 Å². The number of carbonyl (C=O) groups excluding carboxylic acids is 2. The van der Waals surface area contributed by atoms with E-state index in [0.717, 1.165) is 16.5 Å². The molecular weight excluding hydrogens is 328 g/mol. The van der Waals surface area contributed by atoms with Crippen molar-refractivity contribution in [3.05, 3.63) is 60.3 Å².